The maximum absolute atomic E-state index is 11.2. The van der Waals surface area contributed by atoms with Crippen LogP contribution in [-0.2, 0) is 18.4 Å². The average Bonchev–Trinajstić information content (AvgIpc) is 2.57. The van der Waals surface area contributed by atoms with E-state index in [1.807, 2.05) is 0 Å². The van der Waals surface area contributed by atoms with Gasteiger partial charge in [0.25, 0.3) is 0 Å². The van der Waals surface area contributed by atoms with Crippen LogP contribution in [0.4, 0.5) is 16.9 Å². The van der Waals surface area contributed by atoms with Crippen LogP contribution in [0.3, 0.4) is 0 Å². The topological polar surface area (TPSA) is 3.88 Å². The van der Waals surface area contributed by atoms with Crippen molar-refractivity contribution < 1.29 is 21.4 Å². The van der Waals surface area contributed by atoms with Gasteiger partial charge in [0.05, 0.1) is 10.9 Å². The summed E-state index contributed by atoms with van der Waals surface area (Å²) in [7, 11) is 0. The summed E-state index contributed by atoms with van der Waals surface area (Å²) in [6, 6.07) is 20.0. The minimum absolute atomic E-state index is 0.144. The van der Waals surface area contributed by atoms with Crippen LogP contribution in [0.2, 0.25) is 0 Å². The molecule has 0 unspecified atom stereocenters. The van der Waals surface area contributed by atoms with E-state index in [0.29, 0.717) is 0 Å². The number of hydrogen-bond donors (Lipinski definition) is 0. The van der Waals surface area contributed by atoms with E-state index in [4.69, 9.17) is 0 Å². The fourth-order valence-corrected chi connectivity index (χ4v) is 3.68. The third-order valence-electron chi connectivity index (χ3n) is 4.71. The Morgan fingerprint density at radius 2 is 1.38 bits per heavy atom. The molecule has 158 valence electrons. The fraction of sp³-hybridized carbons (Fsp3) is 0.286. The molecular formula is C21H22F6NSb. The van der Waals surface area contributed by atoms with Crippen LogP contribution in [0.25, 0.3) is 22.0 Å². The molecule has 0 amide bonds. The second-order valence-electron chi connectivity index (χ2n) is 8.23. The number of halogens is 6. The minimum atomic E-state index is -11.2. The summed E-state index contributed by atoms with van der Waals surface area (Å²) in [5, 5.41) is 2.71. The van der Waals surface area contributed by atoms with Crippen LogP contribution in [-0.4, -0.2) is 19.5 Å². The molecule has 0 bridgehead atoms. The molecule has 8 heteroatoms. The van der Waals surface area contributed by atoms with Crippen molar-refractivity contribution >= 4 is 30.2 Å². The molecule has 0 aliphatic carbocycles. The molecule has 1 aliphatic heterocycles. The van der Waals surface area contributed by atoms with Crippen molar-refractivity contribution in [2.24, 2.45) is 0 Å². The van der Waals surface area contributed by atoms with Crippen molar-refractivity contribution in [2.45, 2.75) is 39.2 Å². The maximum atomic E-state index is 9.93. The first kappa shape index (κ1) is 21.9. The van der Waals surface area contributed by atoms with Gasteiger partial charge in [-0.2, -0.15) is 4.57 Å². The third kappa shape index (κ3) is 5.88. The zero-order chi connectivity index (χ0) is 21.7. The van der Waals surface area contributed by atoms with E-state index in [1.54, 1.807) is 0 Å². The molecule has 2 aromatic carbocycles. The van der Waals surface area contributed by atoms with Gasteiger partial charge in [0.15, 0.2) is 12.2 Å². The Bertz CT molecular complexity index is 1070. The molecule has 29 heavy (non-hydrogen) atoms. The third-order valence-corrected chi connectivity index (χ3v) is 4.71. The predicted octanol–water partition coefficient (Wildman–Crippen LogP) is 6.79. The van der Waals surface area contributed by atoms with Crippen molar-refractivity contribution in [3.63, 3.8) is 0 Å². The number of aromatic nitrogens is 1. The van der Waals surface area contributed by atoms with Crippen molar-refractivity contribution in [2.75, 3.05) is 0 Å². The van der Waals surface area contributed by atoms with Crippen LogP contribution in [0.5, 0.6) is 0 Å². The van der Waals surface area contributed by atoms with Crippen LogP contribution in [0, 0.1) is 0 Å². The summed E-state index contributed by atoms with van der Waals surface area (Å²) < 4.78 is 62.1. The van der Waals surface area contributed by atoms with Gasteiger partial charge in [0.1, 0.15) is 0 Å². The summed E-state index contributed by atoms with van der Waals surface area (Å²) in [4.78, 5) is 0. The molecule has 0 N–H and O–H groups in total. The van der Waals surface area contributed by atoms with Gasteiger partial charge in [-0.15, -0.1) is 0 Å². The molecule has 1 nitrogen and oxygen atoms in total. The number of benzene rings is 2. The zero-order valence-electron chi connectivity index (χ0n) is 16.3. The Morgan fingerprint density at radius 3 is 2.00 bits per heavy atom. The van der Waals surface area contributed by atoms with Crippen molar-refractivity contribution in [3.05, 3.63) is 65.9 Å². The van der Waals surface area contributed by atoms with E-state index < -0.39 is 19.5 Å². The first-order chi connectivity index (χ1) is 13.0. The van der Waals surface area contributed by atoms with Crippen LogP contribution in [0.15, 0.2) is 54.6 Å². The number of fused-ring (bicyclic) bond motifs is 5. The van der Waals surface area contributed by atoms with Gasteiger partial charge in [0.2, 0.25) is 5.69 Å². The van der Waals surface area contributed by atoms with Crippen molar-refractivity contribution in [1.29, 1.82) is 0 Å². The second-order valence-corrected chi connectivity index (χ2v) is 13.7. The molecule has 0 atom stereocenters. The number of aryl methyl sites for hydroxylation is 1. The van der Waals surface area contributed by atoms with Crippen LogP contribution in [0.1, 0.15) is 32.0 Å². The van der Waals surface area contributed by atoms with Gasteiger partial charge in [-0.3, -0.25) is 0 Å². The Hall–Kier alpha value is -1.75. The summed E-state index contributed by atoms with van der Waals surface area (Å²) >= 11 is -11.2. The molecule has 0 saturated carbocycles. The standard InChI is InChI=1S/C21H22N.6FH.Sb/c1-21(2,3)19-14-16-9-5-7-11-18(16)20-17-10-6-4-8-15(17)12-13-22(19)20;;;;;;;/h4-11,14H,12-13H2,1-3H3;6*1H;/q+1;;;;;;;+5/p-6. The van der Waals surface area contributed by atoms with Crippen LogP contribution < -0.4 is 4.57 Å². The van der Waals surface area contributed by atoms with E-state index in [-0.39, 0.29) is 5.41 Å². The average molecular weight is 524 g/mol. The van der Waals surface area contributed by atoms with Gasteiger partial charge >= 0.3 is 36.4 Å². The van der Waals surface area contributed by atoms with Crippen molar-refractivity contribution in [1.82, 2.24) is 0 Å². The number of nitrogens with zero attached hydrogens (tertiary/aromatic N) is 1. The Balaban J connectivity index is 0.000000298. The molecule has 2 heterocycles. The van der Waals surface area contributed by atoms with E-state index in [2.05, 4.69) is 79.9 Å². The van der Waals surface area contributed by atoms with Gasteiger partial charge in [-0.05, 0) is 23.1 Å². The van der Waals surface area contributed by atoms with E-state index >= 15 is 0 Å². The normalized spacial score (nSPS) is 16.0. The SMILES string of the molecule is CC(C)(C)c1cc2ccccc2c2[n+]1CCc1ccccc1-2.[F][Sb-]([F])([F])([F])([F])[F]. The van der Waals surface area contributed by atoms with E-state index in [0.717, 1.165) is 13.0 Å². The molecule has 4 rings (SSSR count). The fourth-order valence-electron chi connectivity index (χ4n) is 3.68. The summed E-state index contributed by atoms with van der Waals surface area (Å²) in [5.41, 5.74) is 5.83. The molecule has 0 saturated heterocycles. The Labute approximate surface area is 167 Å². The van der Waals surface area contributed by atoms with Gasteiger partial charge in [-0.1, -0.05) is 57.2 Å². The number of pyridine rings is 1. The molecule has 3 aromatic rings. The zero-order valence-corrected chi connectivity index (χ0v) is 18.8. The quantitative estimate of drug-likeness (QED) is 0.173. The van der Waals surface area contributed by atoms with Crippen molar-refractivity contribution in [3.8, 4) is 11.3 Å². The summed E-state index contributed by atoms with van der Waals surface area (Å²) in [6.45, 7) is 8.00. The molecule has 0 fully saturated rings. The van der Waals surface area contributed by atoms with Crippen LogP contribution >= 0.6 is 0 Å². The van der Waals surface area contributed by atoms with Gasteiger partial charge in [-0.25, -0.2) is 0 Å². The molecule has 0 spiro atoms. The first-order valence-electron chi connectivity index (χ1n) is 9.11. The molecular weight excluding hydrogens is 502 g/mol. The monoisotopic (exact) mass is 523 g/mol. The Morgan fingerprint density at radius 1 is 0.828 bits per heavy atom. The summed E-state index contributed by atoms with van der Waals surface area (Å²) in [6.07, 6.45) is 1.12. The first-order valence-corrected chi connectivity index (χ1v) is 14.9. The van der Waals surface area contributed by atoms with Gasteiger partial charge in [0, 0.05) is 17.9 Å². The van der Waals surface area contributed by atoms with E-state index in [1.165, 1.54) is 33.3 Å². The summed E-state index contributed by atoms with van der Waals surface area (Å²) in [5.74, 6) is 0. The molecule has 1 aliphatic rings. The predicted molar refractivity (Wildman–Crippen MR) is 104 cm³/mol. The molecule has 1 aromatic heterocycles. The number of rotatable bonds is 0. The Kier molecular flexibility index (Phi) is 4.82. The number of hydrogen-bond acceptors (Lipinski definition) is 0. The second kappa shape index (κ2) is 6.37. The van der Waals surface area contributed by atoms with Gasteiger partial charge < -0.3 is 0 Å². The van der Waals surface area contributed by atoms with E-state index in [9.17, 15) is 16.9 Å². The molecule has 0 radical (unpaired) electrons.